The van der Waals surface area contributed by atoms with Crippen molar-refractivity contribution >= 4 is 17.6 Å². The van der Waals surface area contributed by atoms with Crippen LogP contribution in [0.2, 0.25) is 5.02 Å². The minimum atomic E-state index is -0.347. The second-order valence-corrected chi connectivity index (χ2v) is 4.32. The van der Waals surface area contributed by atoms with Gasteiger partial charge < -0.3 is 4.74 Å². The van der Waals surface area contributed by atoms with E-state index in [-0.39, 0.29) is 5.97 Å². The maximum absolute atomic E-state index is 11.6. The molecule has 2 rings (SSSR count). The van der Waals surface area contributed by atoms with Crippen molar-refractivity contribution in [2.75, 3.05) is 7.11 Å². The van der Waals surface area contributed by atoms with Crippen molar-refractivity contribution in [1.29, 1.82) is 0 Å². The Hall–Kier alpha value is -1.81. The van der Waals surface area contributed by atoms with Gasteiger partial charge in [-0.15, -0.1) is 0 Å². The predicted octanol–water partition coefficient (Wildman–Crippen LogP) is 2.68. The van der Waals surface area contributed by atoms with Crippen LogP contribution in [0, 0.1) is 6.92 Å². The molecule has 0 spiro atoms. The maximum Gasteiger partial charge on any atom is 0.338 e. The lowest BCUT2D eigenvalue weighted by atomic mass is 10.1. The lowest BCUT2D eigenvalue weighted by molar-refractivity contribution is 0.0599. The smallest absolute Gasteiger partial charge is 0.338 e. The van der Waals surface area contributed by atoms with Crippen LogP contribution in [0.25, 0.3) is 0 Å². The van der Waals surface area contributed by atoms with Crippen LogP contribution < -0.4 is 0 Å². The highest BCUT2D eigenvalue weighted by molar-refractivity contribution is 6.31. The lowest BCUT2D eigenvalue weighted by Crippen LogP contribution is -2.09. The monoisotopic (exact) mass is 264 g/mol. The molecule has 0 fully saturated rings. The summed E-state index contributed by atoms with van der Waals surface area (Å²) in [6.45, 7) is 2.32. The van der Waals surface area contributed by atoms with Crippen LogP contribution in [-0.4, -0.2) is 22.9 Å². The highest BCUT2D eigenvalue weighted by atomic mass is 35.5. The first-order valence-corrected chi connectivity index (χ1v) is 5.85. The Labute approximate surface area is 110 Å². The van der Waals surface area contributed by atoms with Gasteiger partial charge in [-0.2, -0.15) is 5.10 Å². The Balaban J connectivity index is 2.31. The van der Waals surface area contributed by atoms with Crippen LogP contribution in [0.4, 0.5) is 0 Å². The number of rotatable bonds is 3. The molecule has 18 heavy (non-hydrogen) atoms. The molecule has 5 heteroatoms. The van der Waals surface area contributed by atoms with Crippen LogP contribution in [-0.2, 0) is 11.3 Å². The number of esters is 1. The number of aromatic nitrogens is 2. The molecule has 1 aromatic heterocycles. The zero-order valence-electron chi connectivity index (χ0n) is 10.2. The number of hydrogen-bond acceptors (Lipinski definition) is 3. The first-order chi connectivity index (χ1) is 8.61. The van der Waals surface area contributed by atoms with Crippen molar-refractivity contribution in [2.24, 2.45) is 0 Å². The molecule has 0 saturated heterocycles. The molecule has 1 heterocycles. The lowest BCUT2D eigenvalue weighted by Gasteiger charge is -2.07. The Kier molecular flexibility index (Phi) is 3.67. The molecule has 0 aliphatic carbocycles. The Bertz CT molecular complexity index is 559. The molecule has 0 radical (unpaired) electrons. The van der Waals surface area contributed by atoms with Gasteiger partial charge in [-0.1, -0.05) is 29.8 Å². The van der Waals surface area contributed by atoms with Gasteiger partial charge in [0.2, 0.25) is 0 Å². The van der Waals surface area contributed by atoms with Crippen LogP contribution in [0.1, 0.15) is 21.6 Å². The fourth-order valence-corrected chi connectivity index (χ4v) is 1.87. The van der Waals surface area contributed by atoms with E-state index >= 15 is 0 Å². The molecular weight excluding hydrogens is 252 g/mol. The van der Waals surface area contributed by atoms with E-state index in [0.29, 0.717) is 17.1 Å². The summed E-state index contributed by atoms with van der Waals surface area (Å²) >= 11 is 5.95. The number of nitrogens with zero attached hydrogens (tertiary/aromatic N) is 2. The van der Waals surface area contributed by atoms with Gasteiger partial charge in [-0.25, -0.2) is 4.79 Å². The molecule has 94 valence electrons. The summed E-state index contributed by atoms with van der Waals surface area (Å²) in [5, 5.41) is 4.88. The van der Waals surface area contributed by atoms with E-state index < -0.39 is 0 Å². The van der Waals surface area contributed by atoms with Crippen molar-refractivity contribution in [1.82, 2.24) is 9.78 Å². The summed E-state index contributed by atoms with van der Waals surface area (Å²) in [6.07, 6.45) is 1.74. The van der Waals surface area contributed by atoms with Gasteiger partial charge in [0.05, 0.1) is 29.9 Å². The fraction of sp³-hybridized carbons (Fsp3) is 0.231. The number of ether oxygens (including phenoxy) is 1. The third-order valence-electron chi connectivity index (χ3n) is 2.64. The standard InChI is InChI=1S/C13H13ClN2O2/c1-9-12(14)8-16(15-9)7-10-5-3-4-6-11(10)13(17)18-2/h3-6,8H,7H2,1-2H3. The van der Waals surface area contributed by atoms with E-state index in [1.165, 1.54) is 7.11 Å². The number of benzene rings is 1. The molecular formula is C13H13ClN2O2. The van der Waals surface area contributed by atoms with E-state index in [9.17, 15) is 4.79 Å². The van der Waals surface area contributed by atoms with E-state index in [1.54, 1.807) is 23.0 Å². The van der Waals surface area contributed by atoms with Crippen molar-refractivity contribution < 1.29 is 9.53 Å². The summed E-state index contributed by atoms with van der Waals surface area (Å²) in [5.74, 6) is -0.347. The topological polar surface area (TPSA) is 44.1 Å². The normalized spacial score (nSPS) is 10.4. The number of hydrogen-bond donors (Lipinski definition) is 0. The van der Waals surface area contributed by atoms with E-state index in [0.717, 1.165) is 11.3 Å². The van der Waals surface area contributed by atoms with Crippen molar-refractivity contribution in [3.63, 3.8) is 0 Å². The van der Waals surface area contributed by atoms with Gasteiger partial charge in [0, 0.05) is 6.20 Å². The summed E-state index contributed by atoms with van der Waals surface area (Å²) in [7, 11) is 1.37. The molecule has 1 aromatic carbocycles. The van der Waals surface area contributed by atoms with Crippen LogP contribution in [0.15, 0.2) is 30.5 Å². The van der Waals surface area contributed by atoms with Crippen LogP contribution in [0.3, 0.4) is 0 Å². The quantitative estimate of drug-likeness (QED) is 0.801. The molecule has 0 bridgehead atoms. The molecule has 4 nitrogen and oxygen atoms in total. The molecule has 2 aromatic rings. The first-order valence-electron chi connectivity index (χ1n) is 5.47. The zero-order chi connectivity index (χ0) is 13.1. The average Bonchev–Trinajstić information content (AvgIpc) is 2.68. The fourth-order valence-electron chi connectivity index (χ4n) is 1.72. The SMILES string of the molecule is COC(=O)c1ccccc1Cn1cc(Cl)c(C)n1. The second-order valence-electron chi connectivity index (χ2n) is 3.91. The molecule has 0 N–H and O–H groups in total. The van der Waals surface area contributed by atoms with E-state index in [2.05, 4.69) is 5.10 Å². The highest BCUT2D eigenvalue weighted by Gasteiger charge is 2.12. The Morgan fingerprint density at radius 2 is 2.17 bits per heavy atom. The summed E-state index contributed by atoms with van der Waals surface area (Å²) in [6, 6.07) is 7.28. The van der Waals surface area contributed by atoms with Gasteiger partial charge in [0.15, 0.2) is 0 Å². The van der Waals surface area contributed by atoms with Gasteiger partial charge in [0.25, 0.3) is 0 Å². The number of carbonyl (C=O) groups is 1. The summed E-state index contributed by atoms with van der Waals surface area (Å²) < 4.78 is 6.46. The van der Waals surface area contributed by atoms with E-state index in [4.69, 9.17) is 16.3 Å². The van der Waals surface area contributed by atoms with Gasteiger partial charge >= 0.3 is 5.97 Å². The highest BCUT2D eigenvalue weighted by Crippen LogP contribution is 2.16. The van der Waals surface area contributed by atoms with Crippen LogP contribution in [0.5, 0.6) is 0 Å². The predicted molar refractivity (Wildman–Crippen MR) is 68.9 cm³/mol. The molecule has 0 amide bonds. The number of aryl methyl sites for hydroxylation is 1. The van der Waals surface area contributed by atoms with Crippen molar-refractivity contribution in [3.8, 4) is 0 Å². The van der Waals surface area contributed by atoms with Gasteiger partial charge in [-0.05, 0) is 18.6 Å². The number of halogens is 1. The molecule has 0 unspecified atom stereocenters. The average molecular weight is 265 g/mol. The Morgan fingerprint density at radius 1 is 1.44 bits per heavy atom. The largest absolute Gasteiger partial charge is 0.465 e. The Morgan fingerprint density at radius 3 is 2.78 bits per heavy atom. The minimum absolute atomic E-state index is 0.347. The summed E-state index contributed by atoms with van der Waals surface area (Å²) in [5.41, 5.74) is 2.17. The molecule has 0 saturated carbocycles. The first kappa shape index (κ1) is 12.6. The maximum atomic E-state index is 11.6. The minimum Gasteiger partial charge on any atom is -0.465 e. The third-order valence-corrected chi connectivity index (χ3v) is 3.01. The molecule has 0 atom stereocenters. The van der Waals surface area contributed by atoms with Gasteiger partial charge in [0.1, 0.15) is 0 Å². The number of carbonyl (C=O) groups excluding carboxylic acids is 1. The third kappa shape index (κ3) is 2.54. The second kappa shape index (κ2) is 5.23. The molecule has 0 aliphatic heterocycles. The van der Waals surface area contributed by atoms with E-state index in [1.807, 2.05) is 19.1 Å². The van der Waals surface area contributed by atoms with Crippen molar-refractivity contribution in [3.05, 3.63) is 52.3 Å². The van der Waals surface area contributed by atoms with Crippen LogP contribution >= 0.6 is 11.6 Å². The summed E-state index contributed by atoms with van der Waals surface area (Å²) in [4.78, 5) is 11.6. The zero-order valence-corrected chi connectivity index (χ0v) is 10.9. The van der Waals surface area contributed by atoms with Gasteiger partial charge in [-0.3, -0.25) is 4.68 Å². The number of methoxy groups -OCH3 is 1. The van der Waals surface area contributed by atoms with Crippen molar-refractivity contribution in [2.45, 2.75) is 13.5 Å². The molecule has 0 aliphatic rings.